The smallest absolute Gasteiger partial charge is 0.124 e. The molecule has 2 N–H and O–H groups in total. The van der Waals surface area contributed by atoms with E-state index in [0.29, 0.717) is 11.3 Å². The van der Waals surface area contributed by atoms with Crippen molar-refractivity contribution < 1.29 is 4.74 Å². The molecule has 0 heterocycles. The second-order valence-corrected chi connectivity index (χ2v) is 6.03. The van der Waals surface area contributed by atoms with Crippen molar-refractivity contribution in [2.75, 3.05) is 0 Å². The fourth-order valence-corrected chi connectivity index (χ4v) is 2.45. The van der Waals surface area contributed by atoms with Crippen LogP contribution in [0.25, 0.3) is 0 Å². The molecule has 1 aliphatic rings. The van der Waals surface area contributed by atoms with E-state index in [1.54, 1.807) is 0 Å². The lowest BCUT2D eigenvalue weighted by atomic mass is 9.97. The lowest BCUT2D eigenvalue weighted by molar-refractivity contribution is 0.237. The van der Waals surface area contributed by atoms with Gasteiger partial charge in [-0.15, -0.1) is 0 Å². The second-order valence-electron chi connectivity index (χ2n) is 6.03. The minimum absolute atomic E-state index is 0.0972. The fourth-order valence-electron chi connectivity index (χ4n) is 2.45. The third kappa shape index (κ3) is 2.63. The first-order valence-corrected chi connectivity index (χ1v) is 6.43. The third-order valence-corrected chi connectivity index (χ3v) is 3.66. The highest BCUT2D eigenvalue weighted by atomic mass is 16.5. The summed E-state index contributed by atoms with van der Waals surface area (Å²) in [5.74, 6) is 1.53. The molecular weight excluding hydrogens is 210 g/mol. The first-order valence-electron chi connectivity index (χ1n) is 6.43. The maximum atomic E-state index is 6.37. The number of nitrogens with two attached hydrogens (primary N) is 1. The van der Waals surface area contributed by atoms with Crippen molar-refractivity contribution in [1.82, 2.24) is 0 Å². The van der Waals surface area contributed by atoms with Gasteiger partial charge >= 0.3 is 0 Å². The van der Waals surface area contributed by atoms with Crippen molar-refractivity contribution in [2.45, 2.75) is 46.3 Å². The summed E-state index contributed by atoms with van der Waals surface area (Å²) in [5, 5.41) is 0. The Labute approximate surface area is 104 Å². The first kappa shape index (κ1) is 12.4. The van der Waals surface area contributed by atoms with Crippen molar-refractivity contribution in [1.29, 1.82) is 0 Å². The van der Waals surface area contributed by atoms with E-state index in [4.69, 9.17) is 10.5 Å². The van der Waals surface area contributed by atoms with Gasteiger partial charge in [0, 0.05) is 11.6 Å². The number of rotatable bonds is 4. The Bertz CT molecular complexity index is 398. The molecule has 0 bridgehead atoms. The predicted octanol–water partition coefficient (Wildman–Crippen LogP) is 3.52. The lowest BCUT2D eigenvalue weighted by Crippen LogP contribution is -2.18. The van der Waals surface area contributed by atoms with Crippen LogP contribution in [0.1, 0.15) is 45.7 Å². The summed E-state index contributed by atoms with van der Waals surface area (Å²) in [7, 11) is 0. The van der Waals surface area contributed by atoms with Crippen LogP contribution in [0.4, 0.5) is 0 Å². The number of benzene rings is 1. The molecule has 0 saturated heterocycles. The van der Waals surface area contributed by atoms with Gasteiger partial charge in [0.2, 0.25) is 0 Å². The molecule has 0 aromatic heterocycles. The molecule has 0 spiro atoms. The van der Waals surface area contributed by atoms with Gasteiger partial charge < -0.3 is 10.5 Å². The lowest BCUT2D eigenvalue weighted by Gasteiger charge is -2.19. The Kier molecular flexibility index (Phi) is 3.17. The quantitative estimate of drug-likeness (QED) is 0.863. The van der Waals surface area contributed by atoms with Crippen LogP contribution in [0, 0.1) is 11.3 Å². The van der Waals surface area contributed by atoms with E-state index in [1.165, 1.54) is 6.42 Å². The van der Waals surface area contributed by atoms with Crippen LogP contribution in [0.5, 0.6) is 5.75 Å². The van der Waals surface area contributed by atoms with Gasteiger partial charge in [-0.2, -0.15) is 0 Å². The van der Waals surface area contributed by atoms with Gasteiger partial charge in [0.05, 0.1) is 6.10 Å². The number of para-hydroxylation sites is 1. The topological polar surface area (TPSA) is 35.2 Å². The molecule has 2 rings (SSSR count). The molecule has 1 fully saturated rings. The van der Waals surface area contributed by atoms with Crippen LogP contribution in [-0.2, 0) is 0 Å². The predicted molar refractivity (Wildman–Crippen MR) is 71.0 cm³/mol. The minimum atomic E-state index is 0.0972. The van der Waals surface area contributed by atoms with Crippen LogP contribution >= 0.6 is 0 Å². The number of ether oxygens (including phenoxy) is 1. The fraction of sp³-hybridized carbons (Fsp3) is 0.600. The molecule has 2 heteroatoms. The van der Waals surface area contributed by atoms with E-state index in [1.807, 2.05) is 32.0 Å². The van der Waals surface area contributed by atoms with Gasteiger partial charge in [0.25, 0.3) is 0 Å². The van der Waals surface area contributed by atoms with E-state index in [-0.39, 0.29) is 12.1 Å². The molecule has 1 aliphatic carbocycles. The molecule has 1 saturated carbocycles. The Morgan fingerprint density at radius 2 is 1.88 bits per heavy atom. The normalized spacial score (nSPS) is 23.5. The zero-order chi connectivity index (χ0) is 12.6. The maximum absolute atomic E-state index is 6.37. The Hall–Kier alpha value is -1.02. The molecule has 2 nitrogen and oxygen atoms in total. The van der Waals surface area contributed by atoms with Crippen LogP contribution in [0.2, 0.25) is 0 Å². The zero-order valence-electron chi connectivity index (χ0n) is 11.2. The van der Waals surface area contributed by atoms with E-state index >= 15 is 0 Å². The number of hydrogen-bond acceptors (Lipinski definition) is 2. The van der Waals surface area contributed by atoms with E-state index < -0.39 is 0 Å². The van der Waals surface area contributed by atoms with Gasteiger partial charge in [-0.1, -0.05) is 32.0 Å². The highest BCUT2D eigenvalue weighted by Gasteiger charge is 2.49. The summed E-state index contributed by atoms with van der Waals surface area (Å²) in [6.07, 6.45) is 1.40. The summed E-state index contributed by atoms with van der Waals surface area (Å²) >= 11 is 0. The Morgan fingerprint density at radius 1 is 1.29 bits per heavy atom. The molecule has 2 unspecified atom stereocenters. The van der Waals surface area contributed by atoms with Crippen molar-refractivity contribution in [3.63, 3.8) is 0 Å². The minimum Gasteiger partial charge on any atom is -0.491 e. The van der Waals surface area contributed by atoms with Crippen LogP contribution < -0.4 is 10.5 Å². The molecule has 2 atom stereocenters. The van der Waals surface area contributed by atoms with Gasteiger partial charge in [-0.25, -0.2) is 0 Å². The first-order chi connectivity index (χ1) is 7.92. The molecule has 94 valence electrons. The molecule has 1 aromatic rings. The summed E-state index contributed by atoms with van der Waals surface area (Å²) in [6, 6.07) is 8.26. The largest absolute Gasteiger partial charge is 0.491 e. The highest BCUT2D eigenvalue weighted by Crippen LogP contribution is 2.57. The van der Waals surface area contributed by atoms with Gasteiger partial charge in [0.1, 0.15) is 5.75 Å². The van der Waals surface area contributed by atoms with E-state index in [9.17, 15) is 0 Å². The van der Waals surface area contributed by atoms with E-state index in [0.717, 1.165) is 11.3 Å². The average Bonchev–Trinajstić information content (AvgIpc) is 2.87. The highest BCUT2D eigenvalue weighted by molar-refractivity contribution is 5.37. The standard InChI is InChI=1S/C15H23NO/c1-10(2)17-13-8-6-5-7-11(13)14(16)12-9-15(12,3)4/h5-8,10,12,14H,9,16H2,1-4H3. The maximum Gasteiger partial charge on any atom is 0.124 e. The molecule has 0 amide bonds. The van der Waals surface area contributed by atoms with Crippen molar-refractivity contribution in [3.8, 4) is 5.75 Å². The number of hydrogen-bond donors (Lipinski definition) is 1. The van der Waals surface area contributed by atoms with Crippen LogP contribution in [0.3, 0.4) is 0 Å². The molecule has 1 aromatic carbocycles. The van der Waals surface area contributed by atoms with Crippen molar-refractivity contribution in [3.05, 3.63) is 29.8 Å². The summed E-state index contributed by atoms with van der Waals surface area (Å²) in [4.78, 5) is 0. The molecule has 0 aliphatic heterocycles. The van der Waals surface area contributed by atoms with Crippen molar-refractivity contribution >= 4 is 0 Å². The Morgan fingerprint density at radius 3 is 2.41 bits per heavy atom. The molecular formula is C15H23NO. The van der Waals surface area contributed by atoms with Gasteiger partial charge in [0.15, 0.2) is 0 Å². The third-order valence-electron chi connectivity index (χ3n) is 3.66. The monoisotopic (exact) mass is 233 g/mol. The summed E-state index contributed by atoms with van der Waals surface area (Å²) in [5.41, 5.74) is 7.92. The Balaban J connectivity index is 2.20. The van der Waals surface area contributed by atoms with Crippen LogP contribution in [-0.4, -0.2) is 6.10 Å². The van der Waals surface area contributed by atoms with Crippen molar-refractivity contribution in [2.24, 2.45) is 17.1 Å². The second kappa shape index (κ2) is 4.34. The molecule has 0 radical (unpaired) electrons. The average molecular weight is 233 g/mol. The van der Waals surface area contributed by atoms with Crippen LogP contribution in [0.15, 0.2) is 24.3 Å². The zero-order valence-corrected chi connectivity index (χ0v) is 11.2. The summed E-state index contributed by atoms with van der Waals surface area (Å²) in [6.45, 7) is 8.65. The summed E-state index contributed by atoms with van der Waals surface area (Å²) < 4.78 is 5.83. The molecule has 17 heavy (non-hydrogen) atoms. The van der Waals surface area contributed by atoms with Gasteiger partial charge in [-0.05, 0) is 37.7 Å². The van der Waals surface area contributed by atoms with E-state index in [2.05, 4.69) is 19.9 Å². The van der Waals surface area contributed by atoms with Gasteiger partial charge in [-0.3, -0.25) is 0 Å². The SMILES string of the molecule is CC(C)Oc1ccccc1C(N)C1CC1(C)C.